The molecule has 0 aliphatic carbocycles. The Hall–Kier alpha value is -3.55. The van der Waals surface area contributed by atoms with Gasteiger partial charge in [-0.2, -0.15) is 4.31 Å². The Kier molecular flexibility index (Phi) is 7.05. The summed E-state index contributed by atoms with van der Waals surface area (Å²) in [5.74, 6) is -0.997. The zero-order valence-electron chi connectivity index (χ0n) is 18.7. The summed E-state index contributed by atoms with van der Waals surface area (Å²) >= 11 is 0. The number of nitrogens with zero attached hydrogens (tertiary/aromatic N) is 1. The van der Waals surface area contributed by atoms with Gasteiger partial charge in [-0.1, -0.05) is 78.4 Å². The van der Waals surface area contributed by atoms with Crippen LogP contribution in [0.25, 0.3) is 10.8 Å². The molecule has 0 unspecified atom stereocenters. The molecule has 4 aromatic rings. The summed E-state index contributed by atoms with van der Waals surface area (Å²) in [6, 6.07) is 26.0. The van der Waals surface area contributed by atoms with E-state index in [9.17, 15) is 17.6 Å². The van der Waals surface area contributed by atoms with E-state index in [0.29, 0.717) is 0 Å². The predicted molar refractivity (Wildman–Crippen MR) is 131 cm³/mol. The zero-order valence-corrected chi connectivity index (χ0v) is 19.6. The van der Waals surface area contributed by atoms with Crippen molar-refractivity contribution >= 4 is 26.7 Å². The van der Waals surface area contributed by atoms with Gasteiger partial charge in [-0.3, -0.25) is 4.79 Å². The highest BCUT2D eigenvalue weighted by molar-refractivity contribution is 7.89. The Labute approximate surface area is 198 Å². The fourth-order valence-corrected chi connectivity index (χ4v) is 5.13. The smallest absolute Gasteiger partial charge is 0.243 e. The van der Waals surface area contributed by atoms with Crippen LogP contribution in [-0.2, 0) is 27.9 Å². The van der Waals surface area contributed by atoms with Gasteiger partial charge in [0.1, 0.15) is 5.82 Å². The molecule has 0 bridgehead atoms. The van der Waals surface area contributed by atoms with Gasteiger partial charge < -0.3 is 5.32 Å². The Morgan fingerprint density at radius 3 is 2.26 bits per heavy atom. The molecule has 34 heavy (non-hydrogen) atoms. The number of benzene rings is 4. The monoisotopic (exact) mass is 476 g/mol. The summed E-state index contributed by atoms with van der Waals surface area (Å²) in [7, 11) is -4.04. The number of fused-ring (bicyclic) bond motifs is 1. The Morgan fingerprint density at radius 1 is 0.853 bits per heavy atom. The summed E-state index contributed by atoms with van der Waals surface area (Å²) < 4.78 is 42.1. The molecule has 0 saturated heterocycles. The quantitative estimate of drug-likeness (QED) is 0.398. The van der Waals surface area contributed by atoms with E-state index in [1.54, 1.807) is 18.2 Å². The van der Waals surface area contributed by atoms with Crippen molar-refractivity contribution in [3.8, 4) is 0 Å². The number of sulfonamides is 1. The Balaban J connectivity index is 1.56. The molecule has 0 radical (unpaired) electrons. The fraction of sp³-hybridized carbons (Fsp3) is 0.148. The van der Waals surface area contributed by atoms with E-state index >= 15 is 0 Å². The zero-order chi connectivity index (χ0) is 24.1. The lowest BCUT2D eigenvalue weighted by molar-refractivity contribution is -0.121. The molecule has 0 aliphatic rings. The molecule has 0 heterocycles. The number of halogens is 1. The standard InChI is InChI=1S/C27H25FN2O3S/c1-20-13-15-24(16-14-20)34(32,33)30(18-23-8-3-5-12-26(23)28)19-27(31)29-17-22-10-6-9-21-7-2-4-11-25(21)22/h2-16H,17-19H2,1H3,(H,29,31). The van der Waals surface area contributed by atoms with Crippen LogP contribution in [0.1, 0.15) is 16.7 Å². The van der Waals surface area contributed by atoms with Crippen LogP contribution in [0.15, 0.2) is 95.9 Å². The van der Waals surface area contributed by atoms with Crippen molar-refractivity contribution in [2.45, 2.75) is 24.9 Å². The molecule has 7 heteroatoms. The molecule has 1 amide bonds. The minimum absolute atomic E-state index is 0.0521. The van der Waals surface area contributed by atoms with Gasteiger partial charge in [0.2, 0.25) is 15.9 Å². The SMILES string of the molecule is Cc1ccc(S(=O)(=O)N(CC(=O)NCc2cccc3ccccc23)Cc2ccccc2F)cc1. The van der Waals surface area contributed by atoms with Crippen molar-refractivity contribution in [1.29, 1.82) is 0 Å². The number of amides is 1. The first-order valence-electron chi connectivity index (χ1n) is 10.9. The molecule has 0 spiro atoms. The second-order valence-corrected chi connectivity index (χ2v) is 10.0. The molecule has 5 nitrogen and oxygen atoms in total. The molecule has 0 aromatic heterocycles. The third kappa shape index (κ3) is 5.32. The molecule has 0 aliphatic heterocycles. The highest BCUT2D eigenvalue weighted by atomic mass is 32.2. The van der Waals surface area contributed by atoms with Crippen LogP contribution in [0.4, 0.5) is 4.39 Å². The predicted octanol–water partition coefficient (Wildman–Crippen LogP) is 4.79. The number of hydrogen-bond acceptors (Lipinski definition) is 3. The highest BCUT2D eigenvalue weighted by Crippen LogP contribution is 2.21. The lowest BCUT2D eigenvalue weighted by Crippen LogP contribution is -2.40. The van der Waals surface area contributed by atoms with E-state index in [1.165, 1.54) is 30.3 Å². The number of nitrogens with one attached hydrogen (secondary N) is 1. The first-order chi connectivity index (χ1) is 16.3. The number of aryl methyl sites for hydroxylation is 1. The second kappa shape index (κ2) is 10.2. The van der Waals surface area contributed by atoms with Gasteiger partial charge in [0, 0.05) is 18.7 Å². The second-order valence-electron chi connectivity index (χ2n) is 8.09. The molecule has 1 N–H and O–H groups in total. The van der Waals surface area contributed by atoms with Crippen LogP contribution in [0.2, 0.25) is 0 Å². The van der Waals surface area contributed by atoms with E-state index in [1.807, 2.05) is 49.4 Å². The van der Waals surface area contributed by atoms with Crippen molar-refractivity contribution in [3.05, 3.63) is 114 Å². The maximum atomic E-state index is 14.3. The van der Waals surface area contributed by atoms with Crippen molar-refractivity contribution in [2.75, 3.05) is 6.54 Å². The van der Waals surface area contributed by atoms with Gasteiger partial charge in [-0.25, -0.2) is 12.8 Å². The molecule has 0 fully saturated rings. The van der Waals surface area contributed by atoms with Crippen LogP contribution in [-0.4, -0.2) is 25.2 Å². The Bertz CT molecular complexity index is 1410. The summed E-state index contributed by atoms with van der Waals surface area (Å²) in [5, 5.41) is 4.88. The molecule has 0 atom stereocenters. The van der Waals surface area contributed by atoms with E-state index in [-0.39, 0.29) is 23.5 Å². The van der Waals surface area contributed by atoms with E-state index in [4.69, 9.17) is 0 Å². The van der Waals surface area contributed by atoms with Crippen LogP contribution in [0.5, 0.6) is 0 Å². The normalized spacial score (nSPS) is 11.6. The minimum atomic E-state index is -4.04. The molecular formula is C27H25FN2O3S. The first-order valence-corrected chi connectivity index (χ1v) is 12.3. The highest BCUT2D eigenvalue weighted by Gasteiger charge is 2.27. The van der Waals surface area contributed by atoms with Gasteiger partial charge in [0.15, 0.2) is 0 Å². The van der Waals surface area contributed by atoms with Crippen LogP contribution >= 0.6 is 0 Å². The van der Waals surface area contributed by atoms with Gasteiger partial charge in [-0.05, 0) is 41.5 Å². The third-order valence-corrected chi connectivity index (χ3v) is 7.45. The minimum Gasteiger partial charge on any atom is -0.351 e. The topological polar surface area (TPSA) is 66.5 Å². The number of carbonyl (C=O) groups excluding carboxylic acids is 1. The lowest BCUT2D eigenvalue weighted by atomic mass is 10.0. The third-order valence-electron chi connectivity index (χ3n) is 5.64. The summed E-state index contributed by atoms with van der Waals surface area (Å²) in [4.78, 5) is 12.9. The van der Waals surface area contributed by atoms with Gasteiger partial charge in [-0.15, -0.1) is 0 Å². The van der Waals surface area contributed by atoms with Crippen molar-refractivity contribution in [2.24, 2.45) is 0 Å². The van der Waals surface area contributed by atoms with Crippen LogP contribution in [0.3, 0.4) is 0 Å². The maximum Gasteiger partial charge on any atom is 0.243 e. The lowest BCUT2D eigenvalue weighted by Gasteiger charge is -2.22. The van der Waals surface area contributed by atoms with Crippen molar-refractivity contribution < 1.29 is 17.6 Å². The van der Waals surface area contributed by atoms with Crippen LogP contribution in [0, 0.1) is 12.7 Å². The number of rotatable bonds is 8. The van der Waals surface area contributed by atoms with E-state index in [0.717, 1.165) is 26.2 Å². The number of carbonyl (C=O) groups is 1. The summed E-state index contributed by atoms with van der Waals surface area (Å²) in [6.45, 7) is 1.41. The molecule has 4 aromatic carbocycles. The molecule has 4 rings (SSSR count). The average Bonchev–Trinajstić information content (AvgIpc) is 2.84. The van der Waals surface area contributed by atoms with E-state index in [2.05, 4.69) is 5.32 Å². The van der Waals surface area contributed by atoms with E-state index < -0.39 is 28.3 Å². The van der Waals surface area contributed by atoms with Crippen molar-refractivity contribution in [1.82, 2.24) is 9.62 Å². The average molecular weight is 477 g/mol. The molecule has 0 saturated carbocycles. The molecular weight excluding hydrogens is 451 g/mol. The van der Waals surface area contributed by atoms with Crippen LogP contribution < -0.4 is 5.32 Å². The molecule has 174 valence electrons. The Morgan fingerprint density at radius 2 is 1.50 bits per heavy atom. The fourth-order valence-electron chi connectivity index (χ4n) is 3.76. The summed E-state index contributed by atoms with van der Waals surface area (Å²) in [5.41, 5.74) is 2.03. The maximum absolute atomic E-state index is 14.3. The number of hydrogen-bond donors (Lipinski definition) is 1. The van der Waals surface area contributed by atoms with Gasteiger partial charge in [0.05, 0.1) is 11.4 Å². The van der Waals surface area contributed by atoms with Gasteiger partial charge in [0.25, 0.3) is 0 Å². The largest absolute Gasteiger partial charge is 0.351 e. The first kappa shape index (κ1) is 23.6. The van der Waals surface area contributed by atoms with Crippen molar-refractivity contribution in [3.63, 3.8) is 0 Å². The summed E-state index contributed by atoms with van der Waals surface area (Å²) in [6.07, 6.45) is 0. The van der Waals surface area contributed by atoms with Gasteiger partial charge >= 0.3 is 0 Å².